The van der Waals surface area contributed by atoms with Crippen LogP contribution in [-0.2, 0) is 11.3 Å². The molecular weight excluding hydrogens is 408 g/mol. The number of carbonyl (C=O) groups excluding carboxylic acids is 1. The van der Waals surface area contributed by atoms with E-state index in [1.54, 1.807) is 7.11 Å². The number of ether oxygens (including phenoxy) is 2. The first-order chi connectivity index (χ1) is 15.3. The van der Waals surface area contributed by atoms with Crippen LogP contribution in [-0.4, -0.2) is 63.9 Å². The largest absolute Gasteiger partial charge is 0.497 e. The zero-order valence-electron chi connectivity index (χ0n) is 19.5. The molecule has 8 nitrogen and oxygen atoms in total. The monoisotopic (exact) mass is 442 g/mol. The predicted octanol–water partition coefficient (Wildman–Crippen LogP) is 4.50. The normalized spacial score (nSPS) is 22.2. The number of likely N-dealkylation sites (tertiary alicyclic amines) is 2. The Balaban J connectivity index is 1.47. The molecule has 2 aromatic rings. The molecule has 2 aliphatic heterocycles. The van der Waals surface area contributed by atoms with Crippen molar-refractivity contribution in [2.24, 2.45) is 0 Å². The number of aromatic nitrogens is 2. The summed E-state index contributed by atoms with van der Waals surface area (Å²) in [7, 11) is 1.64. The summed E-state index contributed by atoms with van der Waals surface area (Å²) in [4.78, 5) is 21.8. The van der Waals surface area contributed by atoms with E-state index >= 15 is 0 Å². The maximum Gasteiger partial charge on any atom is 0.410 e. The first-order valence-electron chi connectivity index (χ1n) is 11.5. The number of carbonyl (C=O) groups is 1. The number of methoxy groups -OCH3 is 1. The van der Waals surface area contributed by atoms with Gasteiger partial charge in [0, 0.05) is 18.2 Å². The molecule has 3 heterocycles. The lowest BCUT2D eigenvalue weighted by Gasteiger charge is -2.41. The zero-order chi connectivity index (χ0) is 22.7. The van der Waals surface area contributed by atoms with Gasteiger partial charge in [0.05, 0.1) is 19.7 Å². The lowest BCUT2D eigenvalue weighted by Crippen LogP contribution is -2.53. The van der Waals surface area contributed by atoms with Crippen LogP contribution in [0.15, 0.2) is 28.8 Å². The van der Waals surface area contributed by atoms with E-state index in [2.05, 4.69) is 15.0 Å². The fourth-order valence-electron chi connectivity index (χ4n) is 4.76. The first kappa shape index (κ1) is 22.6. The summed E-state index contributed by atoms with van der Waals surface area (Å²) in [5, 5.41) is 4.18. The smallest absolute Gasteiger partial charge is 0.410 e. The molecule has 2 atom stereocenters. The minimum absolute atomic E-state index is 0.158. The summed E-state index contributed by atoms with van der Waals surface area (Å²) in [6.45, 7) is 8.04. The highest BCUT2D eigenvalue weighted by molar-refractivity contribution is 5.69. The molecule has 32 heavy (non-hydrogen) atoms. The van der Waals surface area contributed by atoms with Gasteiger partial charge < -0.3 is 18.9 Å². The van der Waals surface area contributed by atoms with E-state index in [1.807, 2.05) is 49.9 Å². The molecule has 8 heteroatoms. The number of benzene rings is 1. The van der Waals surface area contributed by atoms with Crippen molar-refractivity contribution >= 4 is 6.09 Å². The Morgan fingerprint density at radius 2 is 1.97 bits per heavy atom. The van der Waals surface area contributed by atoms with Gasteiger partial charge in [-0.1, -0.05) is 23.7 Å². The highest BCUT2D eigenvalue weighted by Crippen LogP contribution is 2.31. The SMILES string of the molecule is COc1cccc(-c2noc(CN3CCCCC3C3CCCN3C(=O)OC(C)(C)C)n2)c1. The Morgan fingerprint density at radius 3 is 2.75 bits per heavy atom. The van der Waals surface area contributed by atoms with Gasteiger partial charge in [0.15, 0.2) is 0 Å². The Morgan fingerprint density at radius 1 is 1.16 bits per heavy atom. The molecule has 1 amide bonds. The molecule has 0 spiro atoms. The molecule has 0 radical (unpaired) electrons. The third-order valence-electron chi connectivity index (χ3n) is 6.17. The minimum atomic E-state index is -0.489. The second-order valence-electron chi connectivity index (χ2n) is 9.66. The molecule has 0 saturated carbocycles. The summed E-state index contributed by atoms with van der Waals surface area (Å²) in [5.41, 5.74) is 0.373. The van der Waals surface area contributed by atoms with Crippen molar-refractivity contribution in [2.45, 2.75) is 77.1 Å². The number of hydrogen-bond donors (Lipinski definition) is 0. The summed E-state index contributed by atoms with van der Waals surface area (Å²) in [6, 6.07) is 8.07. The fraction of sp³-hybridized carbons (Fsp3) is 0.625. The van der Waals surface area contributed by atoms with E-state index in [9.17, 15) is 4.79 Å². The van der Waals surface area contributed by atoms with Crippen LogP contribution in [0.5, 0.6) is 5.75 Å². The maximum absolute atomic E-state index is 12.8. The number of nitrogens with zero attached hydrogens (tertiary/aromatic N) is 4. The van der Waals surface area contributed by atoms with Crippen molar-refractivity contribution in [3.8, 4) is 17.1 Å². The molecular formula is C24H34N4O4. The van der Waals surface area contributed by atoms with E-state index in [4.69, 9.17) is 14.0 Å². The van der Waals surface area contributed by atoms with Crippen molar-refractivity contribution in [2.75, 3.05) is 20.2 Å². The lowest BCUT2D eigenvalue weighted by atomic mass is 9.94. The van der Waals surface area contributed by atoms with Gasteiger partial charge >= 0.3 is 6.09 Å². The average molecular weight is 443 g/mol. The molecule has 0 N–H and O–H groups in total. The quantitative estimate of drug-likeness (QED) is 0.674. The van der Waals surface area contributed by atoms with Crippen molar-refractivity contribution in [3.05, 3.63) is 30.2 Å². The van der Waals surface area contributed by atoms with Gasteiger partial charge in [-0.05, 0) is 65.1 Å². The molecule has 1 aromatic heterocycles. The third kappa shape index (κ3) is 5.23. The molecule has 2 aliphatic rings. The summed E-state index contributed by atoms with van der Waals surface area (Å²) < 4.78 is 16.6. The minimum Gasteiger partial charge on any atom is -0.497 e. The molecule has 4 rings (SSSR count). The Labute approximate surface area is 189 Å². The van der Waals surface area contributed by atoms with Crippen LogP contribution >= 0.6 is 0 Å². The molecule has 2 unspecified atom stereocenters. The average Bonchev–Trinajstić information content (AvgIpc) is 3.43. The van der Waals surface area contributed by atoms with Crippen LogP contribution in [0.1, 0.15) is 58.8 Å². The predicted molar refractivity (Wildman–Crippen MR) is 120 cm³/mol. The number of rotatable bonds is 5. The number of hydrogen-bond acceptors (Lipinski definition) is 7. The third-order valence-corrected chi connectivity index (χ3v) is 6.17. The van der Waals surface area contributed by atoms with Crippen LogP contribution in [0, 0.1) is 0 Å². The molecule has 174 valence electrons. The van der Waals surface area contributed by atoms with Gasteiger partial charge in [-0.15, -0.1) is 0 Å². The van der Waals surface area contributed by atoms with E-state index in [1.165, 1.54) is 6.42 Å². The summed E-state index contributed by atoms with van der Waals surface area (Å²) in [6.07, 6.45) is 5.16. The number of amides is 1. The highest BCUT2D eigenvalue weighted by atomic mass is 16.6. The van der Waals surface area contributed by atoms with Crippen LogP contribution in [0.25, 0.3) is 11.4 Å². The fourth-order valence-corrected chi connectivity index (χ4v) is 4.76. The van der Waals surface area contributed by atoms with Crippen molar-refractivity contribution in [1.82, 2.24) is 19.9 Å². The van der Waals surface area contributed by atoms with Crippen LogP contribution < -0.4 is 4.74 Å². The van der Waals surface area contributed by atoms with Gasteiger partial charge in [0.2, 0.25) is 11.7 Å². The van der Waals surface area contributed by atoms with Gasteiger partial charge in [-0.25, -0.2) is 4.79 Å². The van der Waals surface area contributed by atoms with Crippen molar-refractivity contribution < 1.29 is 18.8 Å². The standard InChI is InChI=1S/C24H34N4O4/c1-24(2,3)31-23(29)28-14-8-12-20(28)19-11-5-6-13-27(19)16-21-25-22(26-32-21)17-9-7-10-18(15-17)30-4/h7,9-10,15,19-20H,5-6,8,11-14,16H2,1-4H3. The zero-order valence-corrected chi connectivity index (χ0v) is 19.5. The Kier molecular flexibility index (Phi) is 6.69. The van der Waals surface area contributed by atoms with Gasteiger partial charge in [0.25, 0.3) is 0 Å². The second-order valence-corrected chi connectivity index (χ2v) is 9.66. The highest BCUT2D eigenvalue weighted by Gasteiger charge is 2.40. The van der Waals surface area contributed by atoms with Crippen LogP contribution in [0.2, 0.25) is 0 Å². The van der Waals surface area contributed by atoms with E-state index in [0.717, 1.165) is 50.1 Å². The first-order valence-corrected chi connectivity index (χ1v) is 11.5. The van der Waals surface area contributed by atoms with Crippen LogP contribution in [0.4, 0.5) is 4.79 Å². The second kappa shape index (κ2) is 9.48. The molecule has 2 fully saturated rings. The lowest BCUT2D eigenvalue weighted by molar-refractivity contribution is 0.00514. The Hall–Kier alpha value is -2.61. The van der Waals surface area contributed by atoms with Gasteiger partial charge in [-0.3, -0.25) is 4.90 Å². The van der Waals surface area contributed by atoms with Crippen LogP contribution in [0.3, 0.4) is 0 Å². The van der Waals surface area contributed by atoms with E-state index in [-0.39, 0.29) is 18.2 Å². The molecule has 0 aliphatic carbocycles. The van der Waals surface area contributed by atoms with E-state index in [0.29, 0.717) is 18.3 Å². The van der Waals surface area contributed by atoms with Crippen molar-refractivity contribution in [3.63, 3.8) is 0 Å². The maximum atomic E-state index is 12.8. The summed E-state index contributed by atoms with van der Waals surface area (Å²) >= 11 is 0. The van der Waals surface area contributed by atoms with Gasteiger partial charge in [0.1, 0.15) is 11.4 Å². The summed E-state index contributed by atoms with van der Waals surface area (Å²) in [5.74, 6) is 1.91. The molecule has 1 aromatic carbocycles. The topological polar surface area (TPSA) is 80.9 Å². The van der Waals surface area contributed by atoms with Crippen molar-refractivity contribution in [1.29, 1.82) is 0 Å². The number of piperidine rings is 1. The molecule has 2 saturated heterocycles. The molecule has 0 bridgehead atoms. The van der Waals surface area contributed by atoms with Gasteiger partial charge in [-0.2, -0.15) is 4.98 Å². The Bertz CT molecular complexity index is 923. The van der Waals surface area contributed by atoms with E-state index < -0.39 is 5.60 Å².